The van der Waals surface area contributed by atoms with Crippen molar-refractivity contribution >= 4 is 58.3 Å². The van der Waals surface area contributed by atoms with Gasteiger partial charge in [-0.15, -0.1) is 0 Å². The summed E-state index contributed by atoms with van der Waals surface area (Å²) in [5.41, 5.74) is 1.30. The Hall–Kier alpha value is -3.29. The van der Waals surface area contributed by atoms with Crippen molar-refractivity contribution in [3.05, 3.63) is 89.4 Å². The third kappa shape index (κ3) is 3.29. The smallest absolute Gasteiger partial charge is 0.342 e. The van der Waals surface area contributed by atoms with E-state index >= 15 is 0 Å². The van der Waals surface area contributed by atoms with Gasteiger partial charge in [-0.05, 0) is 48.4 Å². The minimum atomic E-state index is -1.45. The van der Waals surface area contributed by atoms with Crippen molar-refractivity contribution in [1.82, 2.24) is 0 Å². The number of para-hydroxylation sites is 2. The van der Waals surface area contributed by atoms with Gasteiger partial charge in [-0.2, -0.15) is 11.8 Å². The van der Waals surface area contributed by atoms with Crippen molar-refractivity contribution < 1.29 is 14.4 Å². The molecule has 2 saturated heterocycles. The van der Waals surface area contributed by atoms with Crippen LogP contribution < -0.4 is 14.7 Å². The fraction of sp³-hybridized carbons (Fsp3) is 0.222. The predicted octanol–water partition coefficient (Wildman–Crippen LogP) is 5.00. The Morgan fingerprint density at radius 2 is 1.43 bits per heavy atom. The number of carbonyl (C=O) groups excluding carboxylic acids is 3. The van der Waals surface area contributed by atoms with Crippen LogP contribution in [-0.2, 0) is 16.0 Å². The third-order valence-corrected chi connectivity index (χ3v) is 8.36. The molecule has 6 nitrogen and oxygen atoms in total. The maximum atomic E-state index is 14.4. The van der Waals surface area contributed by atoms with E-state index in [-0.39, 0.29) is 6.42 Å². The van der Waals surface area contributed by atoms with Gasteiger partial charge in [-0.1, -0.05) is 54.1 Å². The quantitative estimate of drug-likeness (QED) is 0.460. The molecule has 0 unspecified atom stereocenters. The molecule has 6 rings (SSSR count). The summed E-state index contributed by atoms with van der Waals surface area (Å²) in [6.45, 7) is 0.690. The number of anilines is 3. The molecule has 35 heavy (non-hydrogen) atoms. The lowest BCUT2D eigenvalue weighted by Crippen LogP contribution is -2.74. The van der Waals surface area contributed by atoms with Gasteiger partial charge in [0.2, 0.25) is 0 Å². The number of urea groups is 1. The Kier molecular flexibility index (Phi) is 5.34. The number of hydrogen-bond donors (Lipinski definition) is 0. The van der Waals surface area contributed by atoms with E-state index in [1.165, 1.54) is 9.80 Å². The van der Waals surface area contributed by atoms with Gasteiger partial charge < -0.3 is 4.90 Å². The summed E-state index contributed by atoms with van der Waals surface area (Å²) >= 11 is 8.07. The van der Waals surface area contributed by atoms with Crippen molar-refractivity contribution in [3.8, 4) is 0 Å². The van der Waals surface area contributed by atoms with Crippen LogP contribution >= 0.6 is 23.4 Å². The van der Waals surface area contributed by atoms with Gasteiger partial charge in [-0.3, -0.25) is 9.59 Å². The molecule has 0 aromatic heterocycles. The second-order valence-electron chi connectivity index (χ2n) is 8.94. The van der Waals surface area contributed by atoms with E-state index in [4.69, 9.17) is 11.6 Å². The van der Waals surface area contributed by atoms with Crippen molar-refractivity contribution in [2.24, 2.45) is 5.41 Å². The molecule has 2 fully saturated rings. The van der Waals surface area contributed by atoms with E-state index in [1.807, 2.05) is 24.3 Å². The van der Waals surface area contributed by atoms with Crippen LogP contribution in [0.15, 0.2) is 78.9 Å². The molecule has 3 aliphatic heterocycles. The van der Waals surface area contributed by atoms with Crippen LogP contribution in [0.2, 0.25) is 5.02 Å². The Morgan fingerprint density at radius 3 is 2.03 bits per heavy atom. The van der Waals surface area contributed by atoms with Crippen molar-refractivity contribution in [1.29, 1.82) is 0 Å². The van der Waals surface area contributed by atoms with E-state index in [2.05, 4.69) is 4.90 Å². The van der Waals surface area contributed by atoms with Crippen LogP contribution in [0.25, 0.3) is 0 Å². The van der Waals surface area contributed by atoms with Gasteiger partial charge in [-0.25, -0.2) is 14.6 Å². The van der Waals surface area contributed by atoms with Gasteiger partial charge in [0.1, 0.15) is 0 Å². The number of hydrogen-bond acceptors (Lipinski definition) is 5. The van der Waals surface area contributed by atoms with Gasteiger partial charge >= 0.3 is 6.03 Å². The highest BCUT2D eigenvalue weighted by Crippen LogP contribution is 2.50. The number of fused-ring (bicyclic) bond motifs is 4. The molecular weight excluding hydrogens is 482 g/mol. The average Bonchev–Trinajstić information content (AvgIpc) is 2.89. The topological polar surface area (TPSA) is 60.9 Å². The summed E-state index contributed by atoms with van der Waals surface area (Å²) in [6.07, 6.45) is 0.207. The molecule has 3 aromatic carbocycles. The maximum Gasteiger partial charge on any atom is 0.342 e. The Labute approximate surface area is 212 Å². The zero-order chi connectivity index (χ0) is 24.2. The molecule has 0 N–H and O–H groups in total. The number of carbonyl (C=O) groups is 3. The number of barbiturate groups is 1. The number of benzene rings is 3. The van der Waals surface area contributed by atoms with Gasteiger partial charge in [0.25, 0.3) is 11.8 Å². The monoisotopic (exact) mass is 503 g/mol. The second-order valence-corrected chi connectivity index (χ2v) is 10.5. The first-order valence-electron chi connectivity index (χ1n) is 11.5. The van der Waals surface area contributed by atoms with Crippen molar-refractivity contribution in [2.75, 3.05) is 32.8 Å². The summed E-state index contributed by atoms with van der Waals surface area (Å²) < 4.78 is 0. The summed E-state index contributed by atoms with van der Waals surface area (Å²) in [4.78, 5) is 47.2. The highest BCUT2D eigenvalue weighted by molar-refractivity contribution is 7.99. The highest BCUT2D eigenvalue weighted by atomic mass is 35.5. The first-order valence-corrected chi connectivity index (χ1v) is 13.0. The normalized spacial score (nSPS) is 21.2. The van der Waals surface area contributed by atoms with E-state index in [0.29, 0.717) is 28.7 Å². The van der Waals surface area contributed by atoms with Crippen LogP contribution in [0.5, 0.6) is 0 Å². The number of amides is 4. The number of imide groups is 2. The zero-order valence-corrected chi connectivity index (χ0v) is 20.3. The molecule has 1 atom stereocenters. The standard InChI is InChI=1S/C27H22ClN3O3S/c28-19-12-11-18-16-27(23-17-35-14-13-29(23)22(18)15-19)24(32)30(20-7-3-1-4-8-20)26(34)31(25(27)33)21-9-5-2-6-10-21/h1-12,15,23H,13-14,16-17H2/t23-/m1/s1. The lowest BCUT2D eigenvalue weighted by atomic mass is 9.68. The molecule has 3 aliphatic rings. The Bertz CT molecular complexity index is 1270. The van der Waals surface area contributed by atoms with Gasteiger partial charge in [0.05, 0.1) is 17.4 Å². The molecule has 0 saturated carbocycles. The molecule has 1 spiro atoms. The van der Waals surface area contributed by atoms with Crippen LogP contribution in [0.1, 0.15) is 5.56 Å². The van der Waals surface area contributed by atoms with Crippen molar-refractivity contribution in [3.63, 3.8) is 0 Å². The Morgan fingerprint density at radius 1 is 0.829 bits per heavy atom. The van der Waals surface area contributed by atoms with Crippen LogP contribution in [-0.4, -0.2) is 41.9 Å². The largest absolute Gasteiger partial charge is 0.365 e. The van der Waals surface area contributed by atoms with E-state index < -0.39 is 29.3 Å². The summed E-state index contributed by atoms with van der Waals surface area (Å²) in [7, 11) is 0. The molecule has 8 heteroatoms. The predicted molar refractivity (Wildman–Crippen MR) is 139 cm³/mol. The van der Waals surface area contributed by atoms with E-state index in [1.54, 1.807) is 66.4 Å². The Balaban J connectivity index is 1.59. The number of nitrogens with zero attached hydrogens (tertiary/aromatic N) is 3. The summed E-state index contributed by atoms with van der Waals surface area (Å²) in [5.74, 6) is 0.543. The number of rotatable bonds is 2. The van der Waals surface area contributed by atoms with Gasteiger partial charge in [0.15, 0.2) is 5.41 Å². The first kappa shape index (κ1) is 22.2. The molecule has 3 aromatic rings. The summed E-state index contributed by atoms with van der Waals surface area (Å²) in [5, 5.41) is 0.616. The van der Waals surface area contributed by atoms with Crippen LogP contribution in [0.3, 0.4) is 0 Å². The maximum absolute atomic E-state index is 14.4. The van der Waals surface area contributed by atoms with Crippen LogP contribution in [0.4, 0.5) is 21.9 Å². The number of thioether (sulfide) groups is 1. The SMILES string of the molecule is O=C1N(c2ccccc2)C(=O)C2(Cc3ccc(Cl)cc3N3CCSC[C@@H]32)C(=O)N1c1ccccc1. The zero-order valence-electron chi connectivity index (χ0n) is 18.8. The molecule has 3 heterocycles. The minimum absolute atomic E-state index is 0.207. The lowest BCUT2D eigenvalue weighted by Gasteiger charge is -2.55. The molecule has 0 radical (unpaired) electrons. The molecular formula is C27H22ClN3O3S. The first-order chi connectivity index (χ1) is 17.0. The van der Waals surface area contributed by atoms with E-state index in [0.717, 1.165) is 17.0 Å². The molecule has 0 bridgehead atoms. The van der Waals surface area contributed by atoms with Crippen LogP contribution in [0, 0.1) is 5.41 Å². The molecule has 0 aliphatic carbocycles. The van der Waals surface area contributed by atoms with Crippen molar-refractivity contribution in [2.45, 2.75) is 12.5 Å². The molecule has 176 valence electrons. The third-order valence-electron chi connectivity index (χ3n) is 7.10. The average molecular weight is 504 g/mol. The minimum Gasteiger partial charge on any atom is -0.365 e. The number of halogens is 1. The van der Waals surface area contributed by atoms with Gasteiger partial charge in [0, 0.05) is 28.8 Å². The van der Waals surface area contributed by atoms with E-state index in [9.17, 15) is 14.4 Å². The fourth-order valence-electron chi connectivity index (χ4n) is 5.48. The highest BCUT2D eigenvalue weighted by Gasteiger charge is 2.65. The molecule has 4 amide bonds. The lowest BCUT2D eigenvalue weighted by molar-refractivity contribution is -0.142. The second kappa shape index (κ2) is 8.43. The summed E-state index contributed by atoms with van der Waals surface area (Å²) in [6, 6.07) is 22.3. The fourth-order valence-corrected chi connectivity index (χ4v) is 6.83.